The number of piperidine rings is 2. The Hall–Kier alpha value is -1.85. The third-order valence-corrected chi connectivity index (χ3v) is 6.24. The summed E-state index contributed by atoms with van der Waals surface area (Å²) < 4.78 is 5.59. The molecule has 5 heteroatoms. The Morgan fingerprint density at radius 3 is 2.67 bits per heavy atom. The molecular formula is C22H29N3OS. The van der Waals surface area contributed by atoms with E-state index in [1.54, 1.807) is 6.26 Å². The molecule has 2 atom stereocenters. The number of fused-ring (bicyclic) bond motifs is 2. The number of nitrogens with one attached hydrogen (secondary N) is 2. The lowest BCUT2D eigenvalue weighted by atomic mass is 9.81. The molecule has 2 aliphatic heterocycles. The van der Waals surface area contributed by atoms with E-state index in [-0.39, 0.29) is 0 Å². The number of thiocarbonyl (C=S) groups is 1. The van der Waals surface area contributed by atoms with Gasteiger partial charge in [-0.05, 0) is 81.1 Å². The molecule has 2 saturated heterocycles. The quantitative estimate of drug-likeness (QED) is 0.745. The van der Waals surface area contributed by atoms with Crippen molar-refractivity contribution in [1.29, 1.82) is 0 Å². The number of benzene rings is 1. The van der Waals surface area contributed by atoms with Crippen molar-refractivity contribution in [3.05, 3.63) is 53.5 Å². The van der Waals surface area contributed by atoms with E-state index in [2.05, 4.69) is 53.6 Å². The molecule has 1 aromatic carbocycles. The molecule has 0 aliphatic carbocycles. The molecule has 1 aromatic heterocycles. The maximum absolute atomic E-state index is 5.62. The second-order valence-electron chi connectivity index (χ2n) is 8.08. The lowest BCUT2D eigenvalue weighted by Crippen LogP contribution is -2.56. The van der Waals surface area contributed by atoms with Crippen molar-refractivity contribution in [2.45, 2.75) is 70.6 Å². The molecule has 27 heavy (non-hydrogen) atoms. The van der Waals surface area contributed by atoms with E-state index >= 15 is 0 Å². The molecule has 4 rings (SSSR count). The van der Waals surface area contributed by atoms with Crippen molar-refractivity contribution in [2.24, 2.45) is 0 Å². The normalized spacial score (nSPS) is 25.2. The smallest absolute Gasteiger partial charge is 0.171 e. The summed E-state index contributed by atoms with van der Waals surface area (Å²) in [4.78, 5) is 2.65. The Kier molecular flexibility index (Phi) is 5.50. The summed E-state index contributed by atoms with van der Waals surface area (Å²) in [5, 5.41) is 7.74. The summed E-state index contributed by atoms with van der Waals surface area (Å²) in [5.41, 5.74) is 3.56. The van der Waals surface area contributed by atoms with Gasteiger partial charge in [-0.25, -0.2) is 0 Å². The highest BCUT2D eigenvalue weighted by Crippen LogP contribution is 2.35. The van der Waals surface area contributed by atoms with Gasteiger partial charge in [-0.3, -0.25) is 4.90 Å². The van der Waals surface area contributed by atoms with Crippen LogP contribution in [0.3, 0.4) is 0 Å². The SMILES string of the molecule is Cc1ccc(C)c(NC(=S)NC2CC3CCCC(C2)N3Cc2ccco2)c1. The second-order valence-corrected chi connectivity index (χ2v) is 8.48. The first-order valence-electron chi connectivity index (χ1n) is 10.0. The van der Waals surface area contributed by atoms with Crippen LogP contribution < -0.4 is 10.6 Å². The average molecular weight is 384 g/mol. The van der Waals surface area contributed by atoms with Gasteiger partial charge < -0.3 is 15.1 Å². The zero-order valence-corrected chi connectivity index (χ0v) is 17.0. The molecule has 3 heterocycles. The van der Waals surface area contributed by atoms with Gasteiger partial charge in [0, 0.05) is 23.8 Å². The van der Waals surface area contributed by atoms with Crippen LogP contribution in [0.4, 0.5) is 5.69 Å². The molecule has 2 aromatic rings. The van der Waals surface area contributed by atoms with Crippen LogP contribution in [-0.2, 0) is 6.54 Å². The first-order chi connectivity index (χ1) is 13.1. The lowest BCUT2D eigenvalue weighted by Gasteiger charge is -2.48. The molecule has 2 bridgehead atoms. The Balaban J connectivity index is 1.37. The molecule has 2 aliphatic rings. The minimum Gasteiger partial charge on any atom is -0.468 e. The maximum atomic E-state index is 5.62. The summed E-state index contributed by atoms with van der Waals surface area (Å²) in [5.74, 6) is 1.07. The van der Waals surface area contributed by atoms with Crippen LogP contribution in [0.25, 0.3) is 0 Å². The van der Waals surface area contributed by atoms with Crippen LogP contribution in [0.1, 0.15) is 49.0 Å². The van der Waals surface area contributed by atoms with Crippen LogP contribution in [-0.4, -0.2) is 28.1 Å². The summed E-state index contributed by atoms with van der Waals surface area (Å²) in [6, 6.07) is 12.2. The minimum absolute atomic E-state index is 0.443. The highest BCUT2D eigenvalue weighted by molar-refractivity contribution is 7.80. The van der Waals surface area contributed by atoms with Crippen molar-refractivity contribution in [2.75, 3.05) is 5.32 Å². The molecule has 4 nitrogen and oxygen atoms in total. The van der Waals surface area contributed by atoms with Crippen molar-refractivity contribution >= 4 is 23.0 Å². The zero-order chi connectivity index (χ0) is 18.8. The molecule has 0 spiro atoms. The number of aryl methyl sites for hydroxylation is 2. The molecule has 0 saturated carbocycles. The Morgan fingerprint density at radius 1 is 1.19 bits per heavy atom. The standard InChI is InChI=1S/C22H29N3OS/c1-15-8-9-16(2)21(11-15)24-22(27)23-17-12-18-5-3-6-19(13-17)25(18)14-20-7-4-10-26-20/h4,7-11,17-19H,3,5-6,12-14H2,1-2H3,(H2,23,24,27). The Labute approximate surface area is 167 Å². The van der Waals surface area contributed by atoms with Crippen molar-refractivity contribution in [3.8, 4) is 0 Å². The topological polar surface area (TPSA) is 40.4 Å². The first-order valence-corrected chi connectivity index (χ1v) is 10.4. The lowest BCUT2D eigenvalue weighted by molar-refractivity contribution is 0.0161. The van der Waals surface area contributed by atoms with E-state index in [1.165, 1.54) is 30.4 Å². The van der Waals surface area contributed by atoms with Crippen LogP contribution >= 0.6 is 12.2 Å². The van der Waals surface area contributed by atoms with E-state index in [0.717, 1.165) is 35.9 Å². The fraction of sp³-hybridized carbons (Fsp3) is 0.500. The Bertz CT molecular complexity index is 775. The van der Waals surface area contributed by atoms with Gasteiger partial charge in [0.1, 0.15) is 5.76 Å². The van der Waals surface area contributed by atoms with Gasteiger partial charge in [-0.1, -0.05) is 18.6 Å². The molecule has 2 fully saturated rings. The summed E-state index contributed by atoms with van der Waals surface area (Å²) in [6.45, 7) is 5.15. The number of rotatable bonds is 4. The molecule has 0 amide bonds. The minimum atomic E-state index is 0.443. The predicted molar refractivity (Wildman–Crippen MR) is 114 cm³/mol. The van der Waals surface area contributed by atoms with Crippen molar-refractivity contribution < 1.29 is 4.42 Å². The molecule has 2 unspecified atom stereocenters. The molecule has 0 radical (unpaired) electrons. The van der Waals surface area contributed by atoms with Crippen molar-refractivity contribution in [3.63, 3.8) is 0 Å². The van der Waals surface area contributed by atoms with Crippen LogP contribution in [0.5, 0.6) is 0 Å². The van der Waals surface area contributed by atoms with Crippen LogP contribution in [0.15, 0.2) is 41.0 Å². The summed E-state index contributed by atoms with van der Waals surface area (Å²) in [6.07, 6.45) is 7.94. The fourth-order valence-electron chi connectivity index (χ4n) is 4.65. The number of anilines is 1. The second kappa shape index (κ2) is 8.03. The monoisotopic (exact) mass is 383 g/mol. The fourth-order valence-corrected chi connectivity index (χ4v) is 4.93. The van der Waals surface area contributed by atoms with Gasteiger partial charge in [0.25, 0.3) is 0 Å². The van der Waals surface area contributed by atoms with Gasteiger partial charge in [-0.2, -0.15) is 0 Å². The van der Waals surface area contributed by atoms with Gasteiger partial charge >= 0.3 is 0 Å². The number of furan rings is 1. The van der Waals surface area contributed by atoms with E-state index in [9.17, 15) is 0 Å². The highest BCUT2D eigenvalue weighted by Gasteiger charge is 2.38. The predicted octanol–water partition coefficient (Wildman–Crippen LogP) is 4.77. The molecule has 144 valence electrons. The number of hydrogen-bond acceptors (Lipinski definition) is 3. The summed E-state index contributed by atoms with van der Waals surface area (Å²) >= 11 is 5.62. The largest absolute Gasteiger partial charge is 0.468 e. The van der Waals surface area contributed by atoms with E-state index in [0.29, 0.717) is 18.1 Å². The molecular weight excluding hydrogens is 354 g/mol. The number of hydrogen-bond donors (Lipinski definition) is 2. The van der Waals surface area contributed by atoms with Crippen LogP contribution in [0, 0.1) is 13.8 Å². The van der Waals surface area contributed by atoms with E-state index < -0.39 is 0 Å². The van der Waals surface area contributed by atoms with Crippen molar-refractivity contribution in [1.82, 2.24) is 10.2 Å². The first kappa shape index (κ1) is 18.5. The zero-order valence-electron chi connectivity index (χ0n) is 16.2. The van der Waals surface area contributed by atoms with Gasteiger partial charge in [-0.15, -0.1) is 0 Å². The highest BCUT2D eigenvalue weighted by atomic mass is 32.1. The molecule has 2 N–H and O–H groups in total. The van der Waals surface area contributed by atoms with E-state index in [4.69, 9.17) is 16.6 Å². The maximum Gasteiger partial charge on any atom is 0.171 e. The van der Waals surface area contributed by atoms with Gasteiger partial charge in [0.2, 0.25) is 0 Å². The third kappa shape index (κ3) is 4.36. The van der Waals surface area contributed by atoms with E-state index in [1.807, 2.05) is 6.07 Å². The number of nitrogens with zero attached hydrogens (tertiary/aromatic N) is 1. The third-order valence-electron chi connectivity index (χ3n) is 6.02. The van der Waals surface area contributed by atoms with Crippen LogP contribution in [0.2, 0.25) is 0 Å². The Morgan fingerprint density at radius 2 is 1.96 bits per heavy atom. The van der Waals surface area contributed by atoms with Gasteiger partial charge in [0.15, 0.2) is 5.11 Å². The van der Waals surface area contributed by atoms with Gasteiger partial charge in [0.05, 0.1) is 12.8 Å². The average Bonchev–Trinajstić information content (AvgIpc) is 3.12. The summed E-state index contributed by atoms with van der Waals surface area (Å²) in [7, 11) is 0.